The zero-order valence-corrected chi connectivity index (χ0v) is 10.5. The van der Waals surface area contributed by atoms with Gasteiger partial charge in [-0.25, -0.2) is 0 Å². The van der Waals surface area contributed by atoms with Gasteiger partial charge in [-0.3, -0.25) is 4.79 Å². The van der Waals surface area contributed by atoms with Crippen LogP contribution in [0.15, 0.2) is 12.1 Å². The molecule has 6 nitrogen and oxygen atoms in total. The molecule has 2 N–H and O–H groups in total. The average Bonchev–Trinajstić information content (AvgIpc) is 2.40. The molecule has 18 heavy (non-hydrogen) atoms. The molecule has 1 aliphatic heterocycles. The Labute approximate surface area is 106 Å². The lowest BCUT2D eigenvalue weighted by Gasteiger charge is -2.31. The lowest BCUT2D eigenvalue weighted by Crippen LogP contribution is -2.37. The van der Waals surface area contributed by atoms with Crippen molar-refractivity contribution in [3.63, 3.8) is 0 Å². The van der Waals surface area contributed by atoms with Crippen molar-refractivity contribution in [1.29, 1.82) is 0 Å². The molecule has 0 atom stereocenters. The molecule has 0 saturated carbocycles. The van der Waals surface area contributed by atoms with Crippen molar-refractivity contribution in [2.24, 2.45) is 5.92 Å². The minimum Gasteiger partial charge on any atom is -0.466 e. The highest BCUT2D eigenvalue weighted by Gasteiger charge is 2.26. The Morgan fingerprint density at radius 3 is 2.72 bits per heavy atom. The third-order valence-electron chi connectivity index (χ3n) is 3.11. The van der Waals surface area contributed by atoms with Gasteiger partial charge in [0.05, 0.1) is 12.5 Å². The van der Waals surface area contributed by atoms with Crippen molar-refractivity contribution in [1.82, 2.24) is 10.2 Å². The van der Waals surface area contributed by atoms with Crippen molar-refractivity contribution in [2.45, 2.75) is 19.8 Å². The third-order valence-corrected chi connectivity index (χ3v) is 3.11. The van der Waals surface area contributed by atoms with Crippen LogP contribution in [-0.4, -0.2) is 35.9 Å². The Morgan fingerprint density at radius 1 is 1.44 bits per heavy atom. The van der Waals surface area contributed by atoms with Crippen LogP contribution in [0.4, 0.5) is 11.6 Å². The predicted molar refractivity (Wildman–Crippen MR) is 68.0 cm³/mol. The summed E-state index contributed by atoms with van der Waals surface area (Å²) in [6, 6.07) is 3.59. The Balaban J connectivity index is 1.90. The first-order valence-corrected chi connectivity index (χ1v) is 6.21. The van der Waals surface area contributed by atoms with E-state index in [-0.39, 0.29) is 11.9 Å². The smallest absolute Gasteiger partial charge is 0.309 e. The van der Waals surface area contributed by atoms with E-state index < -0.39 is 0 Å². The normalized spacial score (nSPS) is 16.6. The molecular weight excluding hydrogens is 232 g/mol. The fraction of sp³-hybridized carbons (Fsp3) is 0.583. The molecule has 1 saturated heterocycles. The molecule has 1 aromatic heterocycles. The summed E-state index contributed by atoms with van der Waals surface area (Å²) in [6.07, 6.45) is 1.59. The van der Waals surface area contributed by atoms with Crippen molar-refractivity contribution >= 4 is 17.6 Å². The number of aromatic nitrogens is 2. The highest BCUT2D eigenvalue weighted by molar-refractivity contribution is 5.72. The fourth-order valence-electron chi connectivity index (χ4n) is 2.11. The topological polar surface area (TPSA) is 81.3 Å². The number of esters is 1. The van der Waals surface area contributed by atoms with Crippen LogP contribution in [0.5, 0.6) is 0 Å². The standard InChI is InChI=1S/C12H18N4O2/c1-2-18-12(17)9-5-7-16(8-6-9)11-4-3-10(13)14-15-11/h3-4,9H,2,5-8H2,1H3,(H2,13,14). The second kappa shape index (κ2) is 5.66. The van der Waals surface area contributed by atoms with Gasteiger partial charge < -0.3 is 15.4 Å². The highest BCUT2D eigenvalue weighted by Crippen LogP contribution is 2.22. The van der Waals surface area contributed by atoms with Crippen molar-refractivity contribution < 1.29 is 9.53 Å². The monoisotopic (exact) mass is 250 g/mol. The number of piperidine rings is 1. The van der Waals surface area contributed by atoms with E-state index in [9.17, 15) is 4.79 Å². The second-order valence-corrected chi connectivity index (χ2v) is 4.33. The van der Waals surface area contributed by atoms with E-state index in [1.165, 1.54) is 0 Å². The van der Waals surface area contributed by atoms with Gasteiger partial charge in [0.2, 0.25) is 0 Å². The number of anilines is 2. The SMILES string of the molecule is CCOC(=O)C1CCN(c2ccc(N)nn2)CC1. The van der Waals surface area contributed by atoms with Gasteiger partial charge in [-0.2, -0.15) is 0 Å². The molecule has 0 radical (unpaired) electrons. The molecule has 0 aromatic carbocycles. The molecule has 0 unspecified atom stereocenters. The predicted octanol–water partition coefficient (Wildman–Crippen LogP) is 0.838. The molecule has 0 amide bonds. The van der Waals surface area contributed by atoms with Crippen LogP contribution in [0.3, 0.4) is 0 Å². The van der Waals surface area contributed by atoms with Gasteiger partial charge in [-0.1, -0.05) is 0 Å². The molecular formula is C12H18N4O2. The molecule has 1 aliphatic rings. The molecule has 2 rings (SSSR count). The molecule has 0 bridgehead atoms. The number of rotatable bonds is 3. The molecule has 6 heteroatoms. The maximum absolute atomic E-state index is 11.6. The van der Waals surface area contributed by atoms with Crippen LogP contribution in [0.25, 0.3) is 0 Å². The van der Waals surface area contributed by atoms with Gasteiger partial charge in [0.25, 0.3) is 0 Å². The van der Waals surface area contributed by atoms with Gasteiger partial charge in [-0.15, -0.1) is 10.2 Å². The summed E-state index contributed by atoms with van der Waals surface area (Å²) < 4.78 is 5.04. The first kappa shape index (κ1) is 12.6. The van der Waals surface area contributed by atoms with Crippen molar-refractivity contribution in [3.05, 3.63) is 12.1 Å². The summed E-state index contributed by atoms with van der Waals surface area (Å²) in [5.74, 6) is 1.16. The number of carbonyl (C=O) groups excluding carboxylic acids is 1. The van der Waals surface area contributed by atoms with Gasteiger partial charge in [-0.05, 0) is 31.9 Å². The van der Waals surface area contributed by atoms with Gasteiger partial charge in [0.1, 0.15) is 5.82 Å². The van der Waals surface area contributed by atoms with E-state index in [0.717, 1.165) is 31.7 Å². The number of hydrogen-bond donors (Lipinski definition) is 1. The van der Waals surface area contributed by atoms with Crippen LogP contribution in [0.2, 0.25) is 0 Å². The van der Waals surface area contributed by atoms with Crippen LogP contribution in [0, 0.1) is 5.92 Å². The number of nitrogens with zero attached hydrogens (tertiary/aromatic N) is 3. The van der Waals surface area contributed by atoms with Crippen LogP contribution < -0.4 is 10.6 Å². The highest BCUT2D eigenvalue weighted by atomic mass is 16.5. The van der Waals surface area contributed by atoms with E-state index in [2.05, 4.69) is 15.1 Å². The van der Waals surface area contributed by atoms with E-state index in [1.54, 1.807) is 6.07 Å². The number of carbonyl (C=O) groups is 1. The summed E-state index contributed by atoms with van der Waals surface area (Å²) in [4.78, 5) is 13.7. The zero-order chi connectivity index (χ0) is 13.0. The van der Waals surface area contributed by atoms with E-state index in [1.807, 2.05) is 13.0 Å². The lowest BCUT2D eigenvalue weighted by atomic mass is 9.97. The molecule has 2 heterocycles. The summed E-state index contributed by atoms with van der Waals surface area (Å²) in [6.45, 7) is 3.86. The maximum Gasteiger partial charge on any atom is 0.309 e. The zero-order valence-electron chi connectivity index (χ0n) is 10.5. The van der Waals surface area contributed by atoms with E-state index in [4.69, 9.17) is 10.5 Å². The third kappa shape index (κ3) is 2.88. The second-order valence-electron chi connectivity index (χ2n) is 4.33. The van der Waals surface area contributed by atoms with Crippen LogP contribution in [0.1, 0.15) is 19.8 Å². The Hall–Kier alpha value is -1.85. The Morgan fingerprint density at radius 2 is 2.17 bits per heavy atom. The summed E-state index contributed by atoms with van der Waals surface area (Å²) in [5.41, 5.74) is 5.50. The molecule has 1 aromatic rings. The number of hydrogen-bond acceptors (Lipinski definition) is 6. The quantitative estimate of drug-likeness (QED) is 0.800. The minimum atomic E-state index is -0.0828. The van der Waals surface area contributed by atoms with Crippen molar-refractivity contribution in [2.75, 3.05) is 30.3 Å². The first-order valence-electron chi connectivity index (χ1n) is 6.21. The van der Waals surface area contributed by atoms with Gasteiger partial charge in [0, 0.05) is 13.1 Å². The minimum absolute atomic E-state index is 0.0166. The van der Waals surface area contributed by atoms with Gasteiger partial charge >= 0.3 is 5.97 Å². The fourth-order valence-corrected chi connectivity index (χ4v) is 2.11. The van der Waals surface area contributed by atoms with Crippen molar-refractivity contribution in [3.8, 4) is 0 Å². The molecule has 0 spiro atoms. The van der Waals surface area contributed by atoms with Gasteiger partial charge in [0.15, 0.2) is 5.82 Å². The molecule has 98 valence electrons. The van der Waals surface area contributed by atoms with E-state index in [0.29, 0.717) is 12.4 Å². The van der Waals surface area contributed by atoms with Crippen LogP contribution >= 0.6 is 0 Å². The maximum atomic E-state index is 11.6. The lowest BCUT2D eigenvalue weighted by molar-refractivity contribution is -0.148. The van der Waals surface area contributed by atoms with Crippen LogP contribution in [-0.2, 0) is 9.53 Å². The first-order chi connectivity index (χ1) is 8.70. The van der Waals surface area contributed by atoms with E-state index >= 15 is 0 Å². The summed E-state index contributed by atoms with van der Waals surface area (Å²) in [5, 5.41) is 7.88. The largest absolute Gasteiger partial charge is 0.466 e. The molecule has 0 aliphatic carbocycles. The molecule has 1 fully saturated rings. The Bertz CT molecular complexity index is 399. The number of ether oxygens (including phenoxy) is 1. The summed E-state index contributed by atoms with van der Waals surface area (Å²) in [7, 11) is 0. The Kier molecular flexibility index (Phi) is 3.96. The number of nitrogens with two attached hydrogens (primary N) is 1. The summed E-state index contributed by atoms with van der Waals surface area (Å²) >= 11 is 0. The number of nitrogen functional groups attached to an aromatic ring is 1. The average molecular weight is 250 g/mol.